The quantitative estimate of drug-likeness (QED) is 0.599. The van der Waals surface area contributed by atoms with Crippen LogP contribution in [-0.2, 0) is 10.0 Å². The molecular weight excluding hydrogens is 452 g/mol. The van der Waals surface area contributed by atoms with Crippen molar-refractivity contribution in [2.24, 2.45) is 0 Å². The summed E-state index contributed by atoms with van der Waals surface area (Å²) in [7, 11) is -1.97. The predicted octanol–water partition coefficient (Wildman–Crippen LogP) is 3.06. The van der Waals surface area contributed by atoms with Crippen LogP contribution in [0, 0.1) is 0 Å². The third-order valence-corrected chi connectivity index (χ3v) is 7.73. The minimum absolute atomic E-state index is 0.0246. The van der Waals surface area contributed by atoms with Crippen LogP contribution in [0.25, 0.3) is 0 Å². The van der Waals surface area contributed by atoms with E-state index >= 15 is 0 Å². The number of ether oxygens (including phenoxy) is 1. The number of sulfonamides is 1. The van der Waals surface area contributed by atoms with Crippen molar-refractivity contribution in [1.29, 1.82) is 0 Å². The van der Waals surface area contributed by atoms with Gasteiger partial charge in [0.2, 0.25) is 10.0 Å². The van der Waals surface area contributed by atoms with Crippen LogP contribution in [0.3, 0.4) is 0 Å². The summed E-state index contributed by atoms with van der Waals surface area (Å²) in [5, 5.41) is 3.21. The number of carbonyl (C=O) groups is 1. The number of piperazine rings is 1. The zero-order valence-corrected chi connectivity index (χ0v) is 19.6. The highest BCUT2D eigenvalue weighted by Gasteiger charge is 2.30. The van der Waals surface area contributed by atoms with E-state index in [0.717, 1.165) is 30.1 Å². The van der Waals surface area contributed by atoms with Crippen LogP contribution in [0.15, 0.2) is 77.7 Å². The molecule has 3 aromatic carbocycles. The summed E-state index contributed by atoms with van der Waals surface area (Å²) in [6, 6.07) is 21.8. The minimum atomic E-state index is -3.61. The Balaban J connectivity index is 1.23. The number of fused-ring (bicyclic) bond motifs is 1. The Kier molecular flexibility index (Phi) is 5.89. The van der Waals surface area contributed by atoms with Gasteiger partial charge < -0.3 is 19.9 Å². The molecule has 0 radical (unpaired) electrons. The summed E-state index contributed by atoms with van der Waals surface area (Å²) in [6.07, 6.45) is -0.600. The number of methoxy groups -OCH3 is 1. The lowest BCUT2D eigenvalue weighted by Gasteiger charge is -2.36. The van der Waals surface area contributed by atoms with Gasteiger partial charge in [0.1, 0.15) is 16.8 Å². The molecule has 8 nitrogen and oxygen atoms in total. The van der Waals surface area contributed by atoms with Gasteiger partial charge in [-0.15, -0.1) is 0 Å². The lowest BCUT2D eigenvalue weighted by atomic mass is 10.1. The van der Waals surface area contributed by atoms with Gasteiger partial charge in [-0.05, 0) is 54.1 Å². The molecule has 0 unspecified atom stereocenters. The van der Waals surface area contributed by atoms with E-state index in [4.69, 9.17) is 4.74 Å². The largest absolute Gasteiger partial charge is 0.497 e. The van der Waals surface area contributed by atoms with E-state index < -0.39 is 16.2 Å². The van der Waals surface area contributed by atoms with E-state index in [1.807, 2.05) is 29.2 Å². The second-order valence-electron chi connectivity index (χ2n) is 8.29. The van der Waals surface area contributed by atoms with Crippen LogP contribution in [0.1, 0.15) is 22.1 Å². The Bertz CT molecular complexity index is 1290. The Hall–Kier alpha value is -3.56. The van der Waals surface area contributed by atoms with Gasteiger partial charge in [0.25, 0.3) is 5.91 Å². The molecule has 3 aromatic rings. The molecule has 0 aliphatic carbocycles. The van der Waals surface area contributed by atoms with E-state index in [1.165, 1.54) is 0 Å². The normalized spacial score (nSPS) is 19.1. The molecule has 0 spiro atoms. The van der Waals surface area contributed by atoms with Gasteiger partial charge in [0, 0.05) is 37.4 Å². The number of nitrogens with zero attached hydrogens (tertiary/aromatic N) is 2. The first-order valence-electron chi connectivity index (χ1n) is 11.1. The lowest BCUT2D eigenvalue weighted by Crippen LogP contribution is -2.48. The van der Waals surface area contributed by atoms with Crippen molar-refractivity contribution in [2.75, 3.05) is 43.5 Å². The summed E-state index contributed by atoms with van der Waals surface area (Å²) >= 11 is 0. The van der Waals surface area contributed by atoms with E-state index in [1.54, 1.807) is 55.6 Å². The molecule has 2 N–H and O–H groups in total. The van der Waals surface area contributed by atoms with Crippen LogP contribution in [0.4, 0.5) is 11.4 Å². The van der Waals surface area contributed by atoms with Crippen LogP contribution in [0.5, 0.6) is 5.75 Å². The second kappa shape index (κ2) is 9.00. The Morgan fingerprint density at radius 3 is 2.26 bits per heavy atom. The van der Waals surface area contributed by atoms with Gasteiger partial charge >= 0.3 is 0 Å². The zero-order valence-electron chi connectivity index (χ0n) is 18.8. The summed E-state index contributed by atoms with van der Waals surface area (Å²) < 4.78 is 33.0. The maximum absolute atomic E-state index is 13.0. The van der Waals surface area contributed by atoms with Crippen molar-refractivity contribution in [1.82, 2.24) is 9.62 Å². The first-order chi connectivity index (χ1) is 16.4. The molecule has 1 saturated heterocycles. The van der Waals surface area contributed by atoms with E-state index in [9.17, 15) is 13.2 Å². The van der Waals surface area contributed by atoms with Gasteiger partial charge in [-0.3, -0.25) is 4.79 Å². The fourth-order valence-electron chi connectivity index (χ4n) is 4.34. The average molecular weight is 479 g/mol. The number of anilines is 2. The van der Waals surface area contributed by atoms with Crippen LogP contribution in [0.2, 0.25) is 0 Å². The number of amides is 1. The first-order valence-corrected chi connectivity index (χ1v) is 12.6. The van der Waals surface area contributed by atoms with Crippen molar-refractivity contribution in [3.63, 3.8) is 0 Å². The monoisotopic (exact) mass is 478 g/mol. The molecule has 0 aromatic heterocycles. The summed E-state index contributed by atoms with van der Waals surface area (Å²) in [6.45, 7) is 2.77. The lowest BCUT2D eigenvalue weighted by molar-refractivity contribution is 0.0746. The topological polar surface area (TPSA) is 91.0 Å². The highest BCUT2D eigenvalue weighted by atomic mass is 32.2. The molecule has 176 valence electrons. The van der Waals surface area contributed by atoms with Crippen LogP contribution >= 0.6 is 0 Å². The highest BCUT2D eigenvalue weighted by Crippen LogP contribution is 2.31. The molecule has 0 saturated carbocycles. The van der Waals surface area contributed by atoms with Gasteiger partial charge in [-0.25, -0.2) is 8.42 Å². The smallest absolute Gasteiger partial charge is 0.253 e. The average Bonchev–Trinajstić information content (AvgIpc) is 2.88. The maximum atomic E-state index is 13.0. The second-order valence-corrected chi connectivity index (χ2v) is 9.98. The molecule has 2 aliphatic rings. The molecule has 34 heavy (non-hydrogen) atoms. The van der Waals surface area contributed by atoms with E-state index in [2.05, 4.69) is 14.9 Å². The SMILES string of the molecule is COc1ccc(N2CCN(C(=O)c3ccc([C@H]4Nc5ccccc5S(=O)(=O)N4)cc3)CC2)cc1. The van der Waals surface area contributed by atoms with E-state index in [-0.39, 0.29) is 10.8 Å². The molecule has 2 aliphatic heterocycles. The summed E-state index contributed by atoms with van der Waals surface area (Å²) in [5.74, 6) is 0.796. The Morgan fingerprint density at radius 1 is 0.912 bits per heavy atom. The number of benzene rings is 3. The number of carbonyl (C=O) groups excluding carboxylic acids is 1. The number of hydrogen-bond acceptors (Lipinski definition) is 6. The van der Waals surface area contributed by atoms with Gasteiger partial charge in [0.05, 0.1) is 12.8 Å². The molecule has 2 heterocycles. The minimum Gasteiger partial charge on any atom is -0.497 e. The van der Waals surface area contributed by atoms with Crippen molar-refractivity contribution < 1.29 is 17.9 Å². The molecule has 1 fully saturated rings. The van der Waals surface area contributed by atoms with Crippen LogP contribution < -0.4 is 19.7 Å². The fraction of sp³-hybridized carbons (Fsp3) is 0.240. The van der Waals surface area contributed by atoms with Crippen molar-refractivity contribution in [2.45, 2.75) is 11.1 Å². The van der Waals surface area contributed by atoms with Gasteiger partial charge in [0.15, 0.2) is 0 Å². The molecule has 1 atom stereocenters. The molecule has 5 rings (SSSR count). The molecule has 0 bridgehead atoms. The third-order valence-electron chi connectivity index (χ3n) is 6.24. The van der Waals surface area contributed by atoms with Crippen molar-refractivity contribution in [3.05, 3.63) is 83.9 Å². The van der Waals surface area contributed by atoms with Crippen molar-refractivity contribution in [3.8, 4) is 5.75 Å². The first kappa shape index (κ1) is 22.2. The maximum Gasteiger partial charge on any atom is 0.253 e. The number of hydrogen-bond donors (Lipinski definition) is 2. The highest BCUT2D eigenvalue weighted by molar-refractivity contribution is 7.89. The molecular formula is C25H26N4O4S. The van der Waals surface area contributed by atoms with Crippen LogP contribution in [-0.4, -0.2) is 52.5 Å². The van der Waals surface area contributed by atoms with Gasteiger partial charge in [-0.1, -0.05) is 24.3 Å². The van der Waals surface area contributed by atoms with Crippen molar-refractivity contribution >= 4 is 27.3 Å². The molecule has 9 heteroatoms. The third kappa shape index (κ3) is 4.32. The molecule has 1 amide bonds. The van der Waals surface area contributed by atoms with E-state index in [0.29, 0.717) is 24.3 Å². The number of nitrogens with one attached hydrogen (secondary N) is 2. The number of para-hydroxylation sites is 1. The standard InChI is InChI=1S/C25H26N4O4S/c1-33-21-12-10-20(11-13-21)28-14-16-29(17-15-28)25(30)19-8-6-18(7-9-19)24-26-22-4-2-3-5-23(22)34(31,32)27-24/h2-13,24,26-27H,14-17H2,1H3/t24-/m0/s1. The predicted molar refractivity (Wildman–Crippen MR) is 131 cm³/mol. The van der Waals surface area contributed by atoms with Gasteiger partial charge in [-0.2, -0.15) is 4.72 Å². The fourth-order valence-corrected chi connectivity index (χ4v) is 5.64. The Labute approximate surface area is 199 Å². The zero-order chi connectivity index (χ0) is 23.7. The Morgan fingerprint density at radius 2 is 1.59 bits per heavy atom. The summed E-state index contributed by atoms with van der Waals surface area (Å²) in [4.78, 5) is 17.4. The summed E-state index contributed by atoms with van der Waals surface area (Å²) in [5.41, 5.74) is 2.99. The number of rotatable bonds is 4.